The molecule has 0 saturated carbocycles. The number of hydrogen-bond acceptors (Lipinski definition) is 3. The number of rotatable bonds is 2. The lowest BCUT2D eigenvalue weighted by molar-refractivity contribution is 0.210. The monoisotopic (exact) mass is 214 g/mol. The van der Waals surface area contributed by atoms with Gasteiger partial charge in [-0.25, -0.2) is 0 Å². The molecule has 3 nitrogen and oxygen atoms in total. The minimum absolute atomic E-state index is 0.637. The molecule has 0 aliphatic rings. The fraction of sp³-hybridized carbons (Fsp3) is 0.231. The van der Waals surface area contributed by atoms with Crippen molar-refractivity contribution in [1.82, 2.24) is 9.97 Å². The zero-order valence-corrected chi connectivity index (χ0v) is 9.38. The zero-order chi connectivity index (χ0) is 11.5. The summed E-state index contributed by atoms with van der Waals surface area (Å²) >= 11 is 0. The lowest BCUT2D eigenvalue weighted by Crippen LogP contribution is -2.05. The summed E-state index contributed by atoms with van der Waals surface area (Å²) in [5.74, 6) is 0. The number of nitrogens with zero attached hydrogens (tertiary/aromatic N) is 2. The van der Waals surface area contributed by atoms with Crippen molar-refractivity contribution >= 4 is 0 Å². The van der Waals surface area contributed by atoms with Crippen LogP contribution in [0, 0.1) is 13.8 Å². The average Bonchev–Trinajstić information content (AvgIpc) is 2.28. The Balaban J connectivity index is 2.35. The molecule has 0 radical (unpaired) electrons. The zero-order valence-electron chi connectivity index (χ0n) is 9.38. The number of aliphatic hydroxyl groups excluding tert-OH is 1. The first-order chi connectivity index (χ1) is 7.66. The number of pyridine rings is 2. The van der Waals surface area contributed by atoms with E-state index in [0.717, 1.165) is 11.4 Å². The highest BCUT2D eigenvalue weighted by Crippen LogP contribution is 2.18. The van der Waals surface area contributed by atoms with Gasteiger partial charge in [0.25, 0.3) is 0 Å². The van der Waals surface area contributed by atoms with Gasteiger partial charge in [0, 0.05) is 11.4 Å². The Labute approximate surface area is 94.8 Å². The number of hydrogen-bond donors (Lipinski definition) is 1. The van der Waals surface area contributed by atoms with Crippen molar-refractivity contribution < 1.29 is 5.11 Å². The van der Waals surface area contributed by atoms with Crippen LogP contribution in [0.15, 0.2) is 36.4 Å². The quantitative estimate of drug-likeness (QED) is 0.833. The van der Waals surface area contributed by atoms with Crippen molar-refractivity contribution in [3.63, 3.8) is 0 Å². The molecule has 0 atom stereocenters. The number of aryl methyl sites for hydroxylation is 2. The van der Waals surface area contributed by atoms with Gasteiger partial charge in [-0.15, -0.1) is 0 Å². The molecule has 0 fully saturated rings. The number of aliphatic hydroxyl groups is 1. The third-order valence-electron chi connectivity index (χ3n) is 2.38. The molecule has 2 aromatic rings. The molecule has 0 spiro atoms. The summed E-state index contributed by atoms with van der Waals surface area (Å²) in [7, 11) is 0. The van der Waals surface area contributed by atoms with Crippen molar-refractivity contribution in [2.45, 2.75) is 20.0 Å². The van der Waals surface area contributed by atoms with E-state index in [1.165, 1.54) is 0 Å². The van der Waals surface area contributed by atoms with Gasteiger partial charge in [0.05, 0.1) is 11.4 Å². The van der Waals surface area contributed by atoms with Crippen LogP contribution in [-0.4, -0.2) is 15.1 Å². The fourth-order valence-electron chi connectivity index (χ4n) is 1.58. The van der Waals surface area contributed by atoms with E-state index in [0.29, 0.717) is 11.4 Å². The highest BCUT2D eigenvalue weighted by atomic mass is 16.3. The highest BCUT2D eigenvalue weighted by Gasteiger charge is 2.12. The Hall–Kier alpha value is -1.74. The van der Waals surface area contributed by atoms with Gasteiger partial charge in [0.2, 0.25) is 0 Å². The number of aromatic nitrogens is 2. The summed E-state index contributed by atoms with van der Waals surface area (Å²) < 4.78 is 0. The van der Waals surface area contributed by atoms with E-state index in [9.17, 15) is 5.11 Å². The average molecular weight is 214 g/mol. The molecule has 82 valence electrons. The van der Waals surface area contributed by atoms with Crippen LogP contribution >= 0.6 is 0 Å². The first kappa shape index (κ1) is 10.8. The molecular formula is C13H14N2O. The van der Waals surface area contributed by atoms with E-state index in [1.807, 2.05) is 50.2 Å². The summed E-state index contributed by atoms with van der Waals surface area (Å²) in [6.45, 7) is 3.81. The smallest absolute Gasteiger partial charge is 0.138 e. The first-order valence-corrected chi connectivity index (χ1v) is 5.22. The van der Waals surface area contributed by atoms with E-state index in [-0.39, 0.29) is 0 Å². The molecule has 2 heterocycles. The Bertz CT molecular complexity index is 451. The summed E-state index contributed by atoms with van der Waals surface area (Å²) in [6, 6.07) is 11.2. The molecule has 0 amide bonds. The highest BCUT2D eigenvalue weighted by molar-refractivity contribution is 5.22. The van der Waals surface area contributed by atoms with Crippen molar-refractivity contribution in [3.05, 3.63) is 59.2 Å². The van der Waals surface area contributed by atoms with E-state index in [2.05, 4.69) is 9.97 Å². The second-order valence-corrected chi connectivity index (χ2v) is 3.81. The summed E-state index contributed by atoms with van der Waals surface area (Å²) in [5, 5.41) is 10.1. The van der Waals surface area contributed by atoms with E-state index in [1.54, 1.807) is 0 Å². The summed E-state index contributed by atoms with van der Waals surface area (Å²) in [4.78, 5) is 8.58. The fourth-order valence-corrected chi connectivity index (χ4v) is 1.58. The first-order valence-electron chi connectivity index (χ1n) is 5.22. The van der Waals surface area contributed by atoms with Crippen molar-refractivity contribution in [2.24, 2.45) is 0 Å². The van der Waals surface area contributed by atoms with Gasteiger partial charge in [0.1, 0.15) is 6.10 Å². The second kappa shape index (κ2) is 4.41. The Morgan fingerprint density at radius 2 is 1.31 bits per heavy atom. The van der Waals surface area contributed by atoms with Gasteiger partial charge < -0.3 is 5.11 Å². The van der Waals surface area contributed by atoms with Crippen molar-refractivity contribution in [2.75, 3.05) is 0 Å². The Kier molecular flexibility index (Phi) is 2.97. The van der Waals surface area contributed by atoms with Crippen LogP contribution < -0.4 is 0 Å². The van der Waals surface area contributed by atoms with E-state index >= 15 is 0 Å². The molecule has 0 bridgehead atoms. The standard InChI is InChI=1S/C13H14N2O/c1-9-5-3-7-11(14-9)13(16)12-8-4-6-10(2)15-12/h3-8,13,16H,1-2H3. The maximum atomic E-state index is 10.1. The Morgan fingerprint density at radius 3 is 1.69 bits per heavy atom. The van der Waals surface area contributed by atoms with Gasteiger partial charge in [-0.1, -0.05) is 12.1 Å². The van der Waals surface area contributed by atoms with Crippen LogP contribution in [-0.2, 0) is 0 Å². The Morgan fingerprint density at radius 1 is 0.875 bits per heavy atom. The minimum Gasteiger partial charge on any atom is -0.380 e. The topological polar surface area (TPSA) is 46.0 Å². The van der Waals surface area contributed by atoms with Gasteiger partial charge >= 0.3 is 0 Å². The largest absolute Gasteiger partial charge is 0.380 e. The lowest BCUT2D eigenvalue weighted by atomic mass is 10.1. The van der Waals surface area contributed by atoms with E-state index < -0.39 is 6.10 Å². The van der Waals surface area contributed by atoms with Gasteiger partial charge in [-0.2, -0.15) is 0 Å². The maximum Gasteiger partial charge on any atom is 0.138 e. The maximum absolute atomic E-state index is 10.1. The van der Waals surface area contributed by atoms with Crippen LogP contribution in [0.3, 0.4) is 0 Å². The van der Waals surface area contributed by atoms with Crippen LogP contribution in [0.25, 0.3) is 0 Å². The molecule has 16 heavy (non-hydrogen) atoms. The molecule has 0 saturated heterocycles. The lowest BCUT2D eigenvalue weighted by Gasteiger charge is -2.10. The molecule has 0 aliphatic heterocycles. The predicted molar refractivity (Wildman–Crippen MR) is 62.0 cm³/mol. The molecule has 0 unspecified atom stereocenters. The van der Waals surface area contributed by atoms with Gasteiger partial charge in [-0.3, -0.25) is 9.97 Å². The van der Waals surface area contributed by atoms with Crippen molar-refractivity contribution in [1.29, 1.82) is 0 Å². The van der Waals surface area contributed by atoms with Crippen LogP contribution in [0.2, 0.25) is 0 Å². The van der Waals surface area contributed by atoms with Crippen LogP contribution in [0.5, 0.6) is 0 Å². The molecule has 0 aliphatic carbocycles. The van der Waals surface area contributed by atoms with Crippen molar-refractivity contribution in [3.8, 4) is 0 Å². The molecule has 1 N–H and O–H groups in total. The SMILES string of the molecule is Cc1cccc(C(O)c2cccc(C)n2)n1. The second-order valence-electron chi connectivity index (χ2n) is 3.81. The normalized spacial score (nSPS) is 10.8. The van der Waals surface area contributed by atoms with E-state index in [4.69, 9.17) is 0 Å². The molecule has 2 aromatic heterocycles. The third-order valence-corrected chi connectivity index (χ3v) is 2.38. The third kappa shape index (κ3) is 2.25. The molecule has 0 aromatic carbocycles. The summed E-state index contributed by atoms with van der Waals surface area (Å²) in [5.41, 5.74) is 3.06. The molecule has 3 heteroatoms. The molecular weight excluding hydrogens is 200 g/mol. The van der Waals surface area contributed by atoms with Gasteiger partial charge in [-0.05, 0) is 38.1 Å². The molecule has 2 rings (SSSR count). The minimum atomic E-state index is -0.750. The van der Waals surface area contributed by atoms with Gasteiger partial charge in [0.15, 0.2) is 0 Å². The van der Waals surface area contributed by atoms with Crippen LogP contribution in [0.1, 0.15) is 28.9 Å². The predicted octanol–water partition coefficient (Wildman–Crippen LogP) is 2.18. The summed E-state index contributed by atoms with van der Waals surface area (Å²) in [6.07, 6.45) is -0.750. The van der Waals surface area contributed by atoms with Crippen LogP contribution in [0.4, 0.5) is 0 Å².